The molecule has 1 aromatic carbocycles. The average molecular weight is 269 g/mol. The molecule has 1 spiro atoms. The van der Waals surface area contributed by atoms with E-state index in [1.54, 1.807) is 5.56 Å². The third-order valence-electron chi connectivity index (χ3n) is 3.71. The molecule has 4 nitrogen and oxygen atoms in total. The first-order valence-electron chi connectivity index (χ1n) is 6.22. The molecule has 2 aliphatic heterocycles. The summed E-state index contributed by atoms with van der Waals surface area (Å²) in [7, 11) is -3.92. The van der Waals surface area contributed by atoms with Crippen LogP contribution in [0.1, 0.15) is 24.4 Å². The molecule has 2 aliphatic rings. The number of nitrogens with zero attached hydrogens (tertiary/aromatic N) is 1. The van der Waals surface area contributed by atoms with Gasteiger partial charge in [-0.2, -0.15) is 0 Å². The zero-order valence-corrected chi connectivity index (χ0v) is 11.4. The van der Waals surface area contributed by atoms with Crippen LogP contribution in [-0.4, -0.2) is 43.3 Å². The number of hydrogen-bond acceptors (Lipinski definition) is 3. The van der Waals surface area contributed by atoms with Gasteiger partial charge >= 0.3 is 0 Å². The average Bonchev–Trinajstić information content (AvgIpc) is 2.76. The minimum absolute atomic E-state index is 0.604. The summed E-state index contributed by atoms with van der Waals surface area (Å²) in [6, 6.07) is 11.9. The zero-order valence-electron chi connectivity index (χ0n) is 10.6. The Bertz CT molecular complexity index is 484. The fourth-order valence-corrected chi connectivity index (χ4v) is 2.85. The van der Waals surface area contributed by atoms with Gasteiger partial charge in [0.05, 0.1) is 23.2 Å². The Labute approximate surface area is 109 Å². The van der Waals surface area contributed by atoms with E-state index >= 15 is 0 Å². The van der Waals surface area contributed by atoms with E-state index in [0.717, 1.165) is 6.04 Å². The standard InChI is InChI=1S/C12H16N.CH4O3S/c1-2-6-11(7-3-1)12-10-13(12)8-4-5-9-13;1-5(2,3)4/h1-3,6-7,12H,4-5,8-10H2;1H3,(H,2,3,4)/q+1;/p-1/t12-;/m1./s1. The third kappa shape index (κ3) is 3.54. The van der Waals surface area contributed by atoms with Crippen molar-refractivity contribution in [2.24, 2.45) is 0 Å². The van der Waals surface area contributed by atoms with E-state index in [1.165, 1.54) is 37.0 Å². The maximum atomic E-state index is 9.08. The SMILES string of the molecule is CS(=O)(=O)[O-].c1ccc([C@H]2C[N+]23CCCC3)cc1. The van der Waals surface area contributed by atoms with Gasteiger partial charge in [-0.3, -0.25) is 0 Å². The topological polar surface area (TPSA) is 57.2 Å². The Morgan fingerprint density at radius 2 is 1.67 bits per heavy atom. The van der Waals surface area contributed by atoms with Crippen LogP contribution in [0.5, 0.6) is 0 Å². The second-order valence-corrected chi connectivity index (χ2v) is 6.59. The van der Waals surface area contributed by atoms with E-state index in [-0.39, 0.29) is 0 Å². The van der Waals surface area contributed by atoms with Gasteiger partial charge in [-0.25, -0.2) is 8.42 Å². The number of benzene rings is 1. The molecule has 0 amide bonds. The van der Waals surface area contributed by atoms with Crippen molar-refractivity contribution < 1.29 is 17.5 Å². The molecule has 2 saturated heterocycles. The van der Waals surface area contributed by atoms with E-state index in [9.17, 15) is 0 Å². The van der Waals surface area contributed by atoms with Crippen LogP contribution in [0, 0.1) is 0 Å². The summed E-state index contributed by atoms with van der Waals surface area (Å²) in [5, 5.41) is 0. The van der Waals surface area contributed by atoms with Crippen LogP contribution in [0.3, 0.4) is 0 Å². The van der Waals surface area contributed by atoms with Gasteiger partial charge in [-0.15, -0.1) is 0 Å². The highest BCUT2D eigenvalue weighted by atomic mass is 32.2. The summed E-state index contributed by atoms with van der Waals surface area (Å²) in [4.78, 5) is 0. The van der Waals surface area contributed by atoms with Gasteiger partial charge in [0.2, 0.25) is 0 Å². The Morgan fingerprint density at radius 1 is 1.17 bits per heavy atom. The molecule has 0 unspecified atom stereocenters. The molecular weight excluding hydrogens is 250 g/mol. The van der Waals surface area contributed by atoms with Gasteiger partial charge in [0, 0.05) is 24.7 Å². The Kier molecular flexibility index (Phi) is 3.75. The van der Waals surface area contributed by atoms with Gasteiger partial charge in [0.15, 0.2) is 6.04 Å². The van der Waals surface area contributed by atoms with Crippen molar-refractivity contribution in [1.29, 1.82) is 0 Å². The van der Waals surface area contributed by atoms with Crippen LogP contribution < -0.4 is 0 Å². The van der Waals surface area contributed by atoms with E-state index in [4.69, 9.17) is 13.0 Å². The van der Waals surface area contributed by atoms with Crippen LogP contribution in [0.2, 0.25) is 0 Å². The van der Waals surface area contributed by atoms with Gasteiger partial charge in [0.25, 0.3) is 0 Å². The van der Waals surface area contributed by atoms with Crippen LogP contribution in [0.15, 0.2) is 30.3 Å². The lowest BCUT2D eigenvalue weighted by molar-refractivity contribution is -0.803. The van der Waals surface area contributed by atoms with E-state index in [1.807, 2.05) is 0 Å². The first kappa shape index (κ1) is 13.5. The van der Waals surface area contributed by atoms with Crippen molar-refractivity contribution in [3.63, 3.8) is 0 Å². The van der Waals surface area contributed by atoms with Gasteiger partial charge < -0.3 is 9.04 Å². The van der Waals surface area contributed by atoms with Crippen LogP contribution in [0.25, 0.3) is 0 Å². The van der Waals surface area contributed by atoms with Crippen LogP contribution in [0.4, 0.5) is 0 Å². The highest BCUT2D eigenvalue weighted by Gasteiger charge is 2.56. The second-order valence-electron chi connectivity index (χ2n) is 5.19. The summed E-state index contributed by atoms with van der Waals surface area (Å²) in [5.74, 6) is 0. The molecule has 1 atom stereocenters. The van der Waals surface area contributed by atoms with Crippen LogP contribution >= 0.6 is 0 Å². The predicted molar refractivity (Wildman–Crippen MR) is 68.9 cm³/mol. The number of rotatable bonds is 1. The normalized spacial score (nSPS) is 24.4. The van der Waals surface area contributed by atoms with E-state index in [2.05, 4.69) is 30.3 Å². The lowest BCUT2D eigenvalue weighted by Crippen LogP contribution is -2.21. The Morgan fingerprint density at radius 3 is 2.17 bits per heavy atom. The fraction of sp³-hybridized carbons (Fsp3) is 0.538. The zero-order chi connectivity index (χ0) is 13.2. The molecule has 0 aromatic heterocycles. The van der Waals surface area contributed by atoms with Crippen molar-refractivity contribution in [2.45, 2.75) is 18.9 Å². The molecule has 0 saturated carbocycles. The largest absolute Gasteiger partial charge is 0.748 e. The highest BCUT2D eigenvalue weighted by Crippen LogP contribution is 2.47. The summed E-state index contributed by atoms with van der Waals surface area (Å²) in [5.41, 5.74) is 1.56. The molecule has 0 radical (unpaired) electrons. The molecule has 18 heavy (non-hydrogen) atoms. The molecule has 2 fully saturated rings. The van der Waals surface area contributed by atoms with Crippen molar-refractivity contribution in [2.75, 3.05) is 25.9 Å². The summed E-state index contributed by atoms with van der Waals surface area (Å²) < 4.78 is 28.6. The molecular formula is C13H19NO3S. The maximum Gasteiger partial charge on any atom is 0.164 e. The summed E-state index contributed by atoms with van der Waals surface area (Å²) in [6.45, 7) is 4.27. The van der Waals surface area contributed by atoms with Gasteiger partial charge in [-0.05, 0) is 0 Å². The van der Waals surface area contributed by atoms with E-state index < -0.39 is 10.1 Å². The lowest BCUT2D eigenvalue weighted by Gasteiger charge is -2.11. The summed E-state index contributed by atoms with van der Waals surface area (Å²) >= 11 is 0. The van der Waals surface area contributed by atoms with Gasteiger partial charge in [0.1, 0.15) is 6.54 Å². The van der Waals surface area contributed by atoms with Crippen molar-refractivity contribution in [3.8, 4) is 0 Å². The van der Waals surface area contributed by atoms with Crippen molar-refractivity contribution in [1.82, 2.24) is 0 Å². The molecule has 5 heteroatoms. The summed E-state index contributed by atoms with van der Waals surface area (Å²) in [6.07, 6.45) is 3.50. The highest BCUT2D eigenvalue weighted by molar-refractivity contribution is 7.84. The second kappa shape index (κ2) is 4.99. The molecule has 100 valence electrons. The molecule has 0 bridgehead atoms. The van der Waals surface area contributed by atoms with Crippen LogP contribution in [-0.2, 0) is 10.1 Å². The minimum Gasteiger partial charge on any atom is -0.748 e. The Balaban J connectivity index is 0.000000209. The van der Waals surface area contributed by atoms with Gasteiger partial charge in [-0.1, -0.05) is 30.3 Å². The number of quaternary nitrogens is 1. The predicted octanol–water partition coefficient (Wildman–Crippen LogP) is 1.51. The smallest absolute Gasteiger partial charge is 0.164 e. The minimum atomic E-state index is -3.92. The Hall–Kier alpha value is -0.910. The van der Waals surface area contributed by atoms with Crippen molar-refractivity contribution >= 4 is 10.1 Å². The number of hydrogen-bond donors (Lipinski definition) is 0. The van der Waals surface area contributed by atoms with Crippen molar-refractivity contribution in [3.05, 3.63) is 35.9 Å². The molecule has 1 aromatic rings. The molecule has 3 rings (SSSR count). The third-order valence-corrected chi connectivity index (χ3v) is 3.71. The quantitative estimate of drug-likeness (QED) is 0.441. The molecule has 0 aliphatic carbocycles. The lowest BCUT2D eigenvalue weighted by atomic mass is 10.1. The molecule has 0 N–H and O–H groups in total. The maximum absolute atomic E-state index is 9.08. The first-order valence-corrected chi connectivity index (χ1v) is 8.04. The van der Waals surface area contributed by atoms with E-state index in [0.29, 0.717) is 6.26 Å². The molecule has 2 heterocycles. The first-order chi connectivity index (χ1) is 8.41. The fourth-order valence-electron chi connectivity index (χ4n) is 2.85. The monoisotopic (exact) mass is 269 g/mol.